The summed E-state index contributed by atoms with van der Waals surface area (Å²) in [6.07, 6.45) is 22.6. The molecule has 0 radical (unpaired) electrons. The zero-order valence-corrected chi connectivity index (χ0v) is 16.1. The maximum Gasteiger partial charge on any atom is 0.123 e. The molecule has 1 aromatic carbocycles. The summed E-state index contributed by atoms with van der Waals surface area (Å²) in [4.78, 5) is 0. The average Bonchev–Trinajstić information content (AvgIpc) is 2.72. The third-order valence-electron chi connectivity index (χ3n) is 6.25. The van der Waals surface area contributed by atoms with Gasteiger partial charge in [0, 0.05) is 6.08 Å². The van der Waals surface area contributed by atoms with E-state index in [1.165, 1.54) is 63.0 Å². The van der Waals surface area contributed by atoms with E-state index >= 15 is 0 Å². The fraction of sp³-hybridized carbons (Fsp3) is 0.480. The van der Waals surface area contributed by atoms with Crippen LogP contribution in [0.1, 0.15) is 62.8 Å². The predicted molar refractivity (Wildman–Crippen MR) is 110 cm³/mol. The van der Waals surface area contributed by atoms with Crippen molar-refractivity contribution in [2.24, 2.45) is 17.8 Å². The molecule has 2 saturated carbocycles. The van der Waals surface area contributed by atoms with Crippen LogP contribution in [0.3, 0.4) is 0 Å². The second kappa shape index (κ2) is 10.3. The Morgan fingerprint density at radius 3 is 1.81 bits per heavy atom. The van der Waals surface area contributed by atoms with E-state index in [0.29, 0.717) is 11.8 Å². The molecule has 3 rings (SSSR count). The van der Waals surface area contributed by atoms with E-state index in [4.69, 9.17) is 5.26 Å². The Balaban J connectivity index is 1.39. The maximum atomic E-state index is 13.1. The fourth-order valence-corrected chi connectivity index (χ4v) is 4.54. The molecule has 1 aromatic rings. The molecule has 0 unspecified atom stereocenters. The Bertz CT molecular complexity index is 691. The Kier molecular flexibility index (Phi) is 7.45. The standard InChI is InChI=1S/C25H30FN/c26-25-17-15-24(16-18-25)23-13-11-22(12-14-23)10-9-21-7-5-20(6-8-21)4-2-1-3-19-27/h1-4,9-10,15-18,20-23H,5-8,11-14H2/t20-,21-,22-,23-. The molecule has 27 heavy (non-hydrogen) atoms. The lowest BCUT2D eigenvalue weighted by molar-refractivity contribution is 0.348. The van der Waals surface area contributed by atoms with Gasteiger partial charge >= 0.3 is 0 Å². The van der Waals surface area contributed by atoms with Crippen molar-refractivity contribution in [1.29, 1.82) is 5.26 Å². The number of allylic oxidation sites excluding steroid dienone is 6. The molecule has 142 valence electrons. The first-order chi connectivity index (χ1) is 13.2. The molecule has 0 aromatic heterocycles. The van der Waals surface area contributed by atoms with Crippen LogP contribution >= 0.6 is 0 Å². The van der Waals surface area contributed by atoms with Gasteiger partial charge in [-0.15, -0.1) is 0 Å². The number of hydrogen-bond acceptors (Lipinski definition) is 1. The lowest BCUT2D eigenvalue weighted by atomic mass is 9.77. The summed E-state index contributed by atoms with van der Waals surface area (Å²) in [5, 5.41) is 8.49. The van der Waals surface area contributed by atoms with Crippen LogP contribution in [0.15, 0.2) is 60.7 Å². The molecule has 0 N–H and O–H groups in total. The third-order valence-corrected chi connectivity index (χ3v) is 6.25. The summed E-state index contributed by atoms with van der Waals surface area (Å²) >= 11 is 0. The minimum absolute atomic E-state index is 0.140. The van der Waals surface area contributed by atoms with Crippen LogP contribution in [0.4, 0.5) is 4.39 Å². The Morgan fingerprint density at radius 2 is 1.26 bits per heavy atom. The van der Waals surface area contributed by atoms with E-state index in [9.17, 15) is 4.39 Å². The van der Waals surface area contributed by atoms with Crippen LogP contribution in [0.5, 0.6) is 0 Å². The predicted octanol–water partition coefficient (Wildman–Crippen LogP) is 7.10. The highest BCUT2D eigenvalue weighted by Crippen LogP contribution is 2.37. The lowest BCUT2D eigenvalue weighted by Gasteiger charge is -2.28. The highest BCUT2D eigenvalue weighted by Gasteiger charge is 2.22. The second-order valence-corrected chi connectivity index (χ2v) is 8.10. The van der Waals surface area contributed by atoms with Crippen molar-refractivity contribution < 1.29 is 4.39 Å². The molecule has 0 amide bonds. The molecule has 2 fully saturated rings. The highest BCUT2D eigenvalue weighted by molar-refractivity contribution is 5.21. The van der Waals surface area contributed by atoms with Gasteiger partial charge in [0.15, 0.2) is 0 Å². The fourth-order valence-electron chi connectivity index (χ4n) is 4.54. The summed E-state index contributed by atoms with van der Waals surface area (Å²) in [6.45, 7) is 0. The molecule has 0 bridgehead atoms. The van der Waals surface area contributed by atoms with Crippen LogP contribution in [-0.2, 0) is 0 Å². The first-order valence-electron chi connectivity index (χ1n) is 10.4. The number of rotatable bonds is 5. The normalized spacial score (nSPS) is 29.5. The molecule has 0 saturated heterocycles. The van der Waals surface area contributed by atoms with Crippen molar-refractivity contribution in [3.63, 3.8) is 0 Å². The highest BCUT2D eigenvalue weighted by atomic mass is 19.1. The van der Waals surface area contributed by atoms with Crippen LogP contribution in [0, 0.1) is 34.9 Å². The smallest absolute Gasteiger partial charge is 0.123 e. The van der Waals surface area contributed by atoms with E-state index in [-0.39, 0.29) is 5.82 Å². The number of halogens is 1. The van der Waals surface area contributed by atoms with E-state index < -0.39 is 0 Å². The summed E-state index contributed by atoms with van der Waals surface area (Å²) in [5.41, 5.74) is 1.30. The van der Waals surface area contributed by atoms with Gasteiger partial charge in [0.25, 0.3) is 0 Å². The molecule has 2 aliphatic carbocycles. The van der Waals surface area contributed by atoms with Gasteiger partial charge in [-0.2, -0.15) is 5.26 Å². The first-order valence-corrected chi connectivity index (χ1v) is 10.4. The van der Waals surface area contributed by atoms with Crippen molar-refractivity contribution in [2.45, 2.75) is 57.3 Å². The Hall–Kier alpha value is -2.14. The van der Waals surface area contributed by atoms with Crippen LogP contribution in [0.2, 0.25) is 0 Å². The van der Waals surface area contributed by atoms with Gasteiger partial charge in [-0.25, -0.2) is 4.39 Å². The summed E-state index contributed by atoms with van der Waals surface area (Å²) < 4.78 is 13.1. The monoisotopic (exact) mass is 363 g/mol. The largest absolute Gasteiger partial charge is 0.207 e. The third kappa shape index (κ3) is 6.21. The molecular weight excluding hydrogens is 333 g/mol. The van der Waals surface area contributed by atoms with Crippen LogP contribution < -0.4 is 0 Å². The zero-order valence-electron chi connectivity index (χ0n) is 16.1. The molecule has 0 spiro atoms. The van der Waals surface area contributed by atoms with Crippen LogP contribution in [-0.4, -0.2) is 0 Å². The van der Waals surface area contributed by atoms with E-state index in [1.807, 2.05) is 30.4 Å². The summed E-state index contributed by atoms with van der Waals surface area (Å²) in [5.74, 6) is 2.59. The quantitative estimate of drug-likeness (QED) is 0.311. The Morgan fingerprint density at radius 1 is 0.741 bits per heavy atom. The number of benzene rings is 1. The van der Waals surface area contributed by atoms with Gasteiger partial charge < -0.3 is 0 Å². The number of hydrogen-bond donors (Lipinski definition) is 0. The number of nitriles is 1. The molecule has 2 aliphatic rings. The minimum Gasteiger partial charge on any atom is -0.207 e. The zero-order chi connectivity index (χ0) is 18.9. The van der Waals surface area contributed by atoms with Crippen molar-refractivity contribution in [3.05, 3.63) is 72.1 Å². The molecule has 2 heteroatoms. The lowest BCUT2D eigenvalue weighted by Crippen LogP contribution is -2.14. The molecule has 0 aliphatic heterocycles. The maximum absolute atomic E-state index is 13.1. The van der Waals surface area contributed by atoms with Crippen molar-refractivity contribution >= 4 is 0 Å². The first kappa shape index (κ1) is 19.6. The molecule has 0 heterocycles. The Labute approximate surface area is 163 Å². The van der Waals surface area contributed by atoms with Crippen LogP contribution in [0.25, 0.3) is 0 Å². The van der Waals surface area contributed by atoms with Gasteiger partial charge in [-0.3, -0.25) is 0 Å². The van der Waals surface area contributed by atoms with E-state index in [1.54, 1.807) is 12.1 Å². The summed E-state index contributed by atoms with van der Waals surface area (Å²) in [7, 11) is 0. The van der Waals surface area contributed by atoms with E-state index in [0.717, 1.165) is 11.8 Å². The molecular formula is C25H30FN. The number of nitrogens with zero attached hydrogens (tertiary/aromatic N) is 1. The average molecular weight is 364 g/mol. The van der Waals surface area contributed by atoms with Gasteiger partial charge in [-0.05, 0) is 92.7 Å². The SMILES string of the molecule is N#CC=CC=C[C@H]1CC[C@H](C=C[C@H]2CC[C@H](c3ccc(F)cc3)CC2)CC1. The van der Waals surface area contributed by atoms with Crippen molar-refractivity contribution in [1.82, 2.24) is 0 Å². The van der Waals surface area contributed by atoms with Gasteiger partial charge in [0.1, 0.15) is 5.82 Å². The molecule has 0 atom stereocenters. The van der Waals surface area contributed by atoms with E-state index in [2.05, 4.69) is 18.2 Å². The topological polar surface area (TPSA) is 23.8 Å². The molecule has 1 nitrogen and oxygen atoms in total. The van der Waals surface area contributed by atoms with Crippen molar-refractivity contribution in [2.75, 3.05) is 0 Å². The van der Waals surface area contributed by atoms with Crippen molar-refractivity contribution in [3.8, 4) is 6.07 Å². The summed E-state index contributed by atoms with van der Waals surface area (Å²) in [6, 6.07) is 9.11. The van der Waals surface area contributed by atoms with Gasteiger partial charge in [-0.1, -0.05) is 42.5 Å². The van der Waals surface area contributed by atoms with Gasteiger partial charge in [0.2, 0.25) is 0 Å². The van der Waals surface area contributed by atoms with Gasteiger partial charge in [0.05, 0.1) is 6.07 Å². The second-order valence-electron chi connectivity index (χ2n) is 8.10. The minimum atomic E-state index is -0.140.